The Bertz CT molecular complexity index is 746. The number of nitrogens with one attached hydrogen (secondary N) is 2. The van der Waals surface area contributed by atoms with Crippen LogP contribution < -0.4 is 10.6 Å². The Hall–Kier alpha value is -2.29. The van der Waals surface area contributed by atoms with Gasteiger partial charge in [0, 0.05) is 26.2 Å². The van der Waals surface area contributed by atoms with Crippen molar-refractivity contribution < 1.29 is 18.7 Å². The molecule has 0 bridgehead atoms. The third-order valence-corrected chi connectivity index (χ3v) is 5.14. The second-order valence-electron chi connectivity index (χ2n) is 6.24. The molecule has 144 valence electrons. The van der Waals surface area contributed by atoms with Gasteiger partial charge in [-0.1, -0.05) is 12.1 Å². The fourth-order valence-corrected chi connectivity index (χ4v) is 3.65. The van der Waals surface area contributed by atoms with Gasteiger partial charge in [-0.15, -0.1) is 0 Å². The molecule has 6 nitrogen and oxygen atoms in total. The molecule has 1 aliphatic rings. The molecule has 2 heterocycles. The number of nitrogens with zero attached hydrogens (tertiary/aromatic N) is 1. The summed E-state index contributed by atoms with van der Waals surface area (Å²) in [7, 11) is 0. The Morgan fingerprint density at radius 2 is 1.81 bits per heavy atom. The van der Waals surface area contributed by atoms with E-state index in [-0.39, 0.29) is 18.4 Å². The maximum absolute atomic E-state index is 12.9. The minimum atomic E-state index is -0.703. The molecule has 1 aromatic heterocycles. The van der Waals surface area contributed by atoms with Crippen molar-refractivity contribution in [2.45, 2.75) is 12.6 Å². The molecule has 0 saturated carbocycles. The number of benzene rings is 1. The molecule has 27 heavy (non-hydrogen) atoms. The van der Waals surface area contributed by atoms with Gasteiger partial charge in [-0.05, 0) is 40.1 Å². The van der Waals surface area contributed by atoms with Gasteiger partial charge in [-0.2, -0.15) is 11.3 Å². The number of carbonyl (C=O) groups excluding carboxylic acids is 2. The molecule has 1 saturated heterocycles. The summed E-state index contributed by atoms with van der Waals surface area (Å²) in [5.41, 5.74) is 1.84. The van der Waals surface area contributed by atoms with Crippen molar-refractivity contribution in [1.82, 2.24) is 15.5 Å². The molecule has 1 aliphatic heterocycles. The van der Waals surface area contributed by atoms with Crippen LogP contribution in [0.1, 0.15) is 17.2 Å². The summed E-state index contributed by atoms with van der Waals surface area (Å²) in [6.07, 6.45) is 0. The highest BCUT2D eigenvalue weighted by Gasteiger charge is 2.24. The lowest BCUT2D eigenvalue weighted by atomic mass is 10.1. The monoisotopic (exact) mass is 391 g/mol. The van der Waals surface area contributed by atoms with Crippen LogP contribution in [0.5, 0.6) is 0 Å². The predicted molar refractivity (Wildman–Crippen MR) is 101 cm³/mol. The van der Waals surface area contributed by atoms with Gasteiger partial charge >= 0.3 is 11.8 Å². The van der Waals surface area contributed by atoms with Gasteiger partial charge in [-0.3, -0.25) is 14.5 Å². The summed E-state index contributed by atoms with van der Waals surface area (Å²) in [5, 5.41) is 9.33. The van der Waals surface area contributed by atoms with Crippen molar-refractivity contribution in [3.63, 3.8) is 0 Å². The van der Waals surface area contributed by atoms with E-state index in [9.17, 15) is 14.0 Å². The van der Waals surface area contributed by atoms with Crippen molar-refractivity contribution in [2.75, 3.05) is 32.8 Å². The lowest BCUT2D eigenvalue weighted by molar-refractivity contribution is -0.139. The molecule has 0 spiro atoms. The van der Waals surface area contributed by atoms with Crippen LogP contribution in [-0.4, -0.2) is 49.6 Å². The molecule has 1 aromatic carbocycles. The van der Waals surface area contributed by atoms with E-state index < -0.39 is 11.8 Å². The van der Waals surface area contributed by atoms with Crippen molar-refractivity contribution in [1.29, 1.82) is 0 Å². The van der Waals surface area contributed by atoms with Crippen molar-refractivity contribution in [3.8, 4) is 0 Å². The Morgan fingerprint density at radius 1 is 1.11 bits per heavy atom. The van der Waals surface area contributed by atoms with Gasteiger partial charge in [0.2, 0.25) is 0 Å². The SMILES string of the molecule is O=C(NCc1ccc(F)cc1)C(=O)NC[C@H](c1ccsc1)N1CCOCC1. The molecule has 0 radical (unpaired) electrons. The van der Waals surface area contributed by atoms with Crippen molar-refractivity contribution in [3.05, 3.63) is 58.0 Å². The highest BCUT2D eigenvalue weighted by Crippen LogP contribution is 2.23. The maximum Gasteiger partial charge on any atom is 0.309 e. The Morgan fingerprint density at radius 3 is 2.48 bits per heavy atom. The molecular formula is C19H22FN3O3S. The zero-order valence-corrected chi connectivity index (χ0v) is 15.6. The number of amides is 2. The first-order valence-corrected chi connectivity index (χ1v) is 9.72. The van der Waals surface area contributed by atoms with E-state index in [0.29, 0.717) is 19.8 Å². The van der Waals surface area contributed by atoms with Gasteiger partial charge in [0.05, 0.1) is 19.3 Å². The molecule has 2 N–H and O–H groups in total. The number of hydrogen-bond donors (Lipinski definition) is 2. The summed E-state index contributed by atoms with van der Waals surface area (Å²) in [4.78, 5) is 26.4. The highest BCUT2D eigenvalue weighted by molar-refractivity contribution is 7.07. The summed E-state index contributed by atoms with van der Waals surface area (Å²) in [6, 6.07) is 7.81. The van der Waals surface area contributed by atoms with E-state index in [1.807, 2.05) is 11.4 Å². The molecule has 2 aromatic rings. The van der Waals surface area contributed by atoms with Gasteiger partial charge < -0.3 is 15.4 Å². The van der Waals surface area contributed by atoms with Gasteiger partial charge in [-0.25, -0.2) is 4.39 Å². The predicted octanol–water partition coefficient (Wildman–Crippen LogP) is 1.69. The third-order valence-electron chi connectivity index (χ3n) is 4.44. The van der Waals surface area contributed by atoms with Crippen LogP contribution in [0.2, 0.25) is 0 Å². The summed E-state index contributed by atoms with van der Waals surface area (Å²) < 4.78 is 18.3. The third kappa shape index (κ3) is 5.59. The minimum absolute atomic E-state index is 0.00833. The zero-order chi connectivity index (χ0) is 19.1. The molecule has 1 fully saturated rings. The molecule has 3 rings (SSSR count). The van der Waals surface area contributed by atoms with E-state index in [2.05, 4.69) is 20.9 Å². The van der Waals surface area contributed by atoms with Crippen molar-refractivity contribution >= 4 is 23.2 Å². The van der Waals surface area contributed by atoms with Gasteiger partial charge in [0.15, 0.2) is 0 Å². The lowest BCUT2D eigenvalue weighted by Gasteiger charge is -2.34. The fraction of sp³-hybridized carbons (Fsp3) is 0.368. The Balaban J connectivity index is 1.52. The molecule has 2 amide bonds. The molecule has 8 heteroatoms. The average molecular weight is 391 g/mol. The van der Waals surface area contributed by atoms with Crippen LogP contribution in [0.3, 0.4) is 0 Å². The molecular weight excluding hydrogens is 369 g/mol. The second-order valence-corrected chi connectivity index (χ2v) is 7.02. The van der Waals surface area contributed by atoms with Crippen LogP contribution in [-0.2, 0) is 20.9 Å². The van der Waals surface area contributed by atoms with Crippen LogP contribution in [0.4, 0.5) is 4.39 Å². The first-order valence-electron chi connectivity index (χ1n) is 8.78. The van der Waals surface area contributed by atoms with Crippen LogP contribution in [0.15, 0.2) is 41.1 Å². The van der Waals surface area contributed by atoms with Gasteiger partial charge in [0.25, 0.3) is 0 Å². The average Bonchev–Trinajstić information content (AvgIpc) is 3.22. The Kier molecular flexibility index (Phi) is 6.92. The normalized spacial score (nSPS) is 15.9. The largest absolute Gasteiger partial charge is 0.379 e. The number of morpholine rings is 1. The lowest BCUT2D eigenvalue weighted by Crippen LogP contribution is -2.46. The second kappa shape index (κ2) is 9.59. The highest BCUT2D eigenvalue weighted by atomic mass is 32.1. The fourth-order valence-electron chi connectivity index (χ4n) is 2.95. The summed E-state index contributed by atoms with van der Waals surface area (Å²) >= 11 is 1.60. The standard InChI is InChI=1S/C19H22FN3O3S/c20-16-3-1-14(2-4-16)11-21-18(24)19(25)22-12-17(15-5-10-27-13-15)23-6-8-26-9-7-23/h1-5,10,13,17H,6-9,11-12H2,(H,21,24)(H,22,25)/t17-/m1/s1. The van der Waals surface area contributed by atoms with Crippen molar-refractivity contribution in [2.24, 2.45) is 0 Å². The smallest absolute Gasteiger partial charge is 0.309 e. The van der Waals surface area contributed by atoms with E-state index in [1.54, 1.807) is 23.5 Å². The first kappa shape index (κ1) is 19.5. The van der Waals surface area contributed by atoms with E-state index in [0.717, 1.165) is 24.2 Å². The molecule has 0 unspecified atom stereocenters. The number of carbonyl (C=O) groups is 2. The van der Waals surface area contributed by atoms with Gasteiger partial charge in [0.1, 0.15) is 5.82 Å². The van der Waals surface area contributed by atoms with Crippen LogP contribution >= 0.6 is 11.3 Å². The number of ether oxygens (including phenoxy) is 1. The topological polar surface area (TPSA) is 70.7 Å². The number of hydrogen-bond acceptors (Lipinski definition) is 5. The van der Waals surface area contributed by atoms with E-state index >= 15 is 0 Å². The molecule has 0 aliphatic carbocycles. The summed E-state index contributed by atoms with van der Waals surface area (Å²) in [6.45, 7) is 3.41. The number of rotatable bonds is 6. The molecule has 1 atom stereocenters. The van der Waals surface area contributed by atoms with E-state index in [4.69, 9.17) is 4.74 Å². The maximum atomic E-state index is 12.9. The zero-order valence-electron chi connectivity index (χ0n) is 14.8. The van der Waals surface area contributed by atoms with E-state index in [1.165, 1.54) is 12.1 Å². The first-order chi connectivity index (χ1) is 13.1. The summed E-state index contributed by atoms with van der Waals surface area (Å²) in [5.74, 6) is -1.72. The number of halogens is 1. The number of thiophene rings is 1. The van der Waals surface area contributed by atoms with Crippen LogP contribution in [0, 0.1) is 5.82 Å². The van der Waals surface area contributed by atoms with Crippen LogP contribution in [0.25, 0.3) is 0 Å². The Labute approximate surface area is 161 Å². The quantitative estimate of drug-likeness (QED) is 0.736. The minimum Gasteiger partial charge on any atom is -0.379 e.